The fraction of sp³-hybridized carbons (Fsp3) is 1.00. The summed E-state index contributed by atoms with van der Waals surface area (Å²) in [5, 5.41) is 0. The molecule has 1 saturated carbocycles. The van der Waals surface area contributed by atoms with E-state index in [0.29, 0.717) is 0 Å². The van der Waals surface area contributed by atoms with Gasteiger partial charge in [0, 0.05) is 12.3 Å². The highest BCUT2D eigenvalue weighted by Gasteiger charge is 2.17. The van der Waals surface area contributed by atoms with E-state index in [9.17, 15) is 0 Å². The zero-order chi connectivity index (χ0) is 9.68. The lowest BCUT2D eigenvalue weighted by Gasteiger charge is -2.31. The standard InChI is InChI=1S/C10H23N2P/c1-11(2)13-9-12(3)10-7-5-4-6-8-10/h10,13H,4-9H2,1-3H3. The fourth-order valence-corrected chi connectivity index (χ4v) is 2.67. The van der Waals surface area contributed by atoms with Crippen LogP contribution in [-0.4, -0.2) is 43.0 Å². The van der Waals surface area contributed by atoms with Crippen LogP contribution in [0.1, 0.15) is 32.1 Å². The van der Waals surface area contributed by atoms with E-state index >= 15 is 0 Å². The van der Waals surface area contributed by atoms with E-state index in [-0.39, 0.29) is 0 Å². The first-order valence-corrected chi connectivity index (χ1v) is 6.46. The Morgan fingerprint density at radius 3 is 2.23 bits per heavy atom. The van der Waals surface area contributed by atoms with Gasteiger partial charge in [0.25, 0.3) is 0 Å². The van der Waals surface area contributed by atoms with Gasteiger partial charge in [-0.1, -0.05) is 19.3 Å². The molecule has 2 nitrogen and oxygen atoms in total. The predicted octanol–water partition coefficient (Wildman–Crippen LogP) is 2.36. The molecule has 0 saturated heterocycles. The number of hydrogen-bond acceptors (Lipinski definition) is 2. The summed E-state index contributed by atoms with van der Waals surface area (Å²) in [4.78, 5) is 2.55. The minimum atomic E-state index is 0.876. The van der Waals surface area contributed by atoms with Gasteiger partial charge in [0.15, 0.2) is 0 Å². The van der Waals surface area contributed by atoms with Crippen LogP contribution in [0.3, 0.4) is 0 Å². The summed E-state index contributed by atoms with van der Waals surface area (Å²) in [6.07, 6.45) is 8.45. The van der Waals surface area contributed by atoms with Crippen molar-refractivity contribution < 1.29 is 0 Å². The molecule has 1 atom stereocenters. The van der Waals surface area contributed by atoms with Crippen molar-refractivity contribution >= 4 is 8.73 Å². The summed E-state index contributed by atoms with van der Waals surface area (Å²) in [5.74, 6) is 0. The highest BCUT2D eigenvalue weighted by atomic mass is 31.1. The maximum absolute atomic E-state index is 2.55. The van der Waals surface area contributed by atoms with Gasteiger partial charge in [0.2, 0.25) is 0 Å². The van der Waals surface area contributed by atoms with Gasteiger partial charge in [-0.25, -0.2) is 0 Å². The molecule has 1 aliphatic carbocycles. The molecule has 0 aromatic heterocycles. The monoisotopic (exact) mass is 202 g/mol. The third-order valence-corrected chi connectivity index (χ3v) is 4.11. The van der Waals surface area contributed by atoms with Crippen LogP contribution in [0.4, 0.5) is 0 Å². The van der Waals surface area contributed by atoms with Crippen molar-refractivity contribution in [1.29, 1.82) is 0 Å². The molecule has 1 rings (SSSR count). The van der Waals surface area contributed by atoms with Crippen LogP contribution in [0.15, 0.2) is 0 Å². The van der Waals surface area contributed by atoms with E-state index in [1.54, 1.807) is 0 Å². The van der Waals surface area contributed by atoms with E-state index in [1.165, 1.54) is 38.4 Å². The lowest BCUT2D eigenvalue weighted by atomic mass is 9.95. The van der Waals surface area contributed by atoms with E-state index in [1.807, 2.05) is 0 Å². The van der Waals surface area contributed by atoms with Crippen molar-refractivity contribution in [3.05, 3.63) is 0 Å². The molecular formula is C10H23N2P. The minimum absolute atomic E-state index is 0.876. The molecule has 3 heteroatoms. The summed E-state index contributed by atoms with van der Waals surface area (Å²) in [6.45, 7) is 0. The first-order valence-electron chi connectivity index (χ1n) is 5.31. The third-order valence-electron chi connectivity index (χ3n) is 2.83. The molecule has 1 fully saturated rings. The van der Waals surface area contributed by atoms with Gasteiger partial charge >= 0.3 is 0 Å². The Morgan fingerprint density at radius 2 is 1.69 bits per heavy atom. The highest BCUT2D eigenvalue weighted by Crippen LogP contribution is 2.24. The second-order valence-corrected chi connectivity index (χ2v) is 5.79. The highest BCUT2D eigenvalue weighted by molar-refractivity contribution is 7.35. The number of nitrogens with zero attached hydrogens (tertiary/aromatic N) is 2. The Morgan fingerprint density at radius 1 is 1.08 bits per heavy atom. The van der Waals surface area contributed by atoms with E-state index in [2.05, 4.69) is 30.7 Å². The molecule has 0 spiro atoms. The Balaban J connectivity index is 2.17. The van der Waals surface area contributed by atoms with Gasteiger partial charge in [-0.2, -0.15) is 0 Å². The lowest BCUT2D eigenvalue weighted by molar-refractivity contribution is 0.218. The first-order chi connectivity index (χ1) is 6.20. The second kappa shape index (κ2) is 5.95. The number of hydrogen-bond donors (Lipinski definition) is 0. The molecular weight excluding hydrogens is 179 g/mol. The van der Waals surface area contributed by atoms with Gasteiger partial charge in [-0.3, -0.25) is 9.57 Å². The number of rotatable bonds is 4. The summed E-state index contributed by atoms with van der Waals surface area (Å²) >= 11 is 0. The average molecular weight is 202 g/mol. The van der Waals surface area contributed by atoms with Crippen LogP contribution in [0, 0.1) is 0 Å². The predicted molar refractivity (Wildman–Crippen MR) is 61.5 cm³/mol. The summed E-state index contributed by atoms with van der Waals surface area (Å²) in [5.41, 5.74) is 0. The van der Waals surface area contributed by atoms with Gasteiger partial charge in [0.1, 0.15) is 0 Å². The van der Waals surface area contributed by atoms with Gasteiger partial charge < -0.3 is 0 Å². The van der Waals surface area contributed by atoms with Gasteiger partial charge in [0.05, 0.1) is 0 Å². The molecule has 0 bridgehead atoms. The summed E-state index contributed by atoms with van der Waals surface area (Å²) in [6, 6.07) is 0.876. The maximum atomic E-state index is 2.55. The van der Waals surface area contributed by atoms with Gasteiger partial charge in [-0.05, 0) is 42.7 Å². The summed E-state index contributed by atoms with van der Waals surface area (Å²) < 4.78 is 2.29. The molecule has 0 aromatic rings. The van der Waals surface area contributed by atoms with Crippen molar-refractivity contribution in [3.8, 4) is 0 Å². The molecule has 0 aliphatic heterocycles. The van der Waals surface area contributed by atoms with E-state index in [0.717, 1.165) is 14.8 Å². The second-order valence-electron chi connectivity index (χ2n) is 4.26. The zero-order valence-electron chi connectivity index (χ0n) is 9.21. The molecule has 1 aliphatic rings. The topological polar surface area (TPSA) is 6.48 Å². The van der Waals surface area contributed by atoms with Crippen molar-refractivity contribution in [1.82, 2.24) is 9.57 Å². The van der Waals surface area contributed by atoms with Crippen LogP contribution in [0.5, 0.6) is 0 Å². The van der Waals surface area contributed by atoms with E-state index < -0.39 is 0 Å². The average Bonchev–Trinajstić information content (AvgIpc) is 2.15. The normalized spacial score (nSPS) is 21.0. The van der Waals surface area contributed by atoms with Crippen molar-refractivity contribution in [2.24, 2.45) is 0 Å². The molecule has 0 N–H and O–H groups in total. The molecule has 0 radical (unpaired) electrons. The first kappa shape index (κ1) is 11.4. The largest absolute Gasteiger partial charge is 0.298 e. The molecule has 0 aromatic carbocycles. The summed E-state index contributed by atoms with van der Waals surface area (Å²) in [7, 11) is 7.56. The van der Waals surface area contributed by atoms with Crippen LogP contribution in [0.2, 0.25) is 0 Å². The smallest absolute Gasteiger partial charge is 0.0289 e. The van der Waals surface area contributed by atoms with Crippen LogP contribution >= 0.6 is 8.73 Å². The molecule has 78 valence electrons. The third kappa shape index (κ3) is 4.39. The molecule has 13 heavy (non-hydrogen) atoms. The SMILES string of the molecule is CN(C)PCN(C)C1CCCCC1. The Labute approximate surface area is 84.5 Å². The lowest BCUT2D eigenvalue weighted by Crippen LogP contribution is -2.33. The Hall–Kier alpha value is 0.350. The fourth-order valence-electron chi connectivity index (χ4n) is 1.90. The quantitative estimate of drug-likeness (QED) is 0.646. The maximum Gasteiger partial charge on any atom is 0.0289 e. The zero-order valence-corrected chi connectivity index (χ0v) is 10.2. The van der Waals surface area contributed by atoms with Crippen molar-refractivity contribution in [2.75, 3.05) is 27.4 Å². The van der Waals surface area contributed by atoms with Crippen LogP contribution < -0.4 is 0 Å². The van der Waals surface area contributed by atoms with Crippen molar-refractivity contribution in [2.45, 2.75) is 38.1 Å². The van der Waals surface area contributed by atoms with Crippen molar-refractivity contribution in [3.63, 3.8) is 0 Å². The van der Waals surface area contributed by atoms with Crippen LogP contribution in [0.25, 0.3) is 0 Å². The minimum Gasteiger partial charge on any atom is -0.298 e. The Kier molecular flexibility index (Phi) is 5.23. The molecule has 0 heterocycles. The molecule has 1 unspecified atom stereocenters. The van der Waals surface area contributed by atoms with Crippen LogP contribution in [-0.2, 0) is 0 Å². The van der Waals surface area contributed by atoms with E-state index in [4.69, 9.17) is 0 Å². The van der Waals surface area contributed by atoms with Gasteiger partial charge in [-0.15, -0.1) is 0 Å². The molecule has 0 amide bonds. The Bertz CT molecular complexity index is 133.